The highest BCUT2D eigenvalue weighted by Crippen LogP contribution is 2.13. The first-order valence-corrected chi connectivity index (χ1v) is 4.48. The zero-order valence-electron chi connectivity index (χ0n) is 8.75. The van der Waals surface area contributed by atoms with Gasteiger partial charge in [0, 0.05) is 6.20 Å². The minimum atomic E-state index is 0.461. The van der Waals surface area contributed by atoms with Crippen molar-refractivity contribution in [2.45, 2.75) is 13.8 Å². The average Bonchev–Trinajstić information content (AvgIpc) is 2.22. The molecular weight excluding hydrogens is 174 g/mol. The summed E-state index contributed by atoms with van der Waals surface area (Å²) in [5.74, 6) is 0. The molecule has 0 aromatic heterocycles. The molecule has 3 nitrogen and oxygen atoms in total. The van der Waals surface area contributed by atoms with Crippen molar-refractivity contribution in [3.05, 3.63) is 48.5 Å². The lowest BCUT2D eigenvalue weighted by Crippen LogP contribution is -2.21. The molecule has 0 saturated carbocycles. The largest absolute Gasteiger partial charge is 0.397 e. The molecule has 0 aliphatic heterocycles. The van der Waals surface area contributed by atoms with Crippen molar-refractivity contribution in [3.8, 4) is 0 Å². The zero-order valence-corrected chi connectivity index (χ0v) is 8.75. The standard InChI is InChI=1S/C9H11N3.C2H6/c1-3-12-9-6(2)4-5-7(10)8(9)11;1-2/h3-5H,1-2,10-11H2;1-2H3. The summed E-state index contributed by atoms with van der Waals surface area (Å²) < 4.78 is 0. The van der Waals surface area contributed by atoms with Gasteiger partial charge in [0.05, 0.1) is 17.1 Å². The van der Waals surface area contributed by atoms with Crippen LogP contribution in [-0.2, 0) is 0 Å². The summed E-state index contributed by atoms with van der Waals surface area (Å²) in [6.45, 7) is 11.2. The maximum absolute atomic E-state index is 5.66. The molecule has 0 spiro atoms. The Hall–Kier alpha value is -1.77. The van der Waals surface area contributed by atoms with E-state index >= 15 is 0 Å². The zero-order chi connectivity index (χ0) is 11.1. The van der Waals surface area contributed by atoms with Gasteiger partial charge in [-0.1, -0.05) is 33.1 Å². The van der Waals surface area contributed by atoms with Gasteiger partial charge >= 0.3 is 0 Å². The molecule has 0 fully saturated rings. The summed E-state index contributed by atoms with van der Waals surface area (Å²) in [7, 11) is 0. The molecule has 1 aliphatic carbocycles. The van der Waals surface area contributed by atoms with E-state index in [0.717, 1.165) is 5.57 Å². The summed E-state index contributed by atoms with van der Waals surface area (Å²) in [6, 6.07) is 0. The predicted octanol–water partition coefficient (Wildman–Crippen LogP) is 1.85. The molecule has 1 aliphatic rings. The van der Waals surface area contributed by atoms with Crippen LogP contribution in [0.15, 0.2) is 53.5 Å². The number of nitrogens with zero attached hydrogens (tertiary/aromatic N) is 1. The third-order valence-corrected chi connectivity index (χ3v) is 1.55. The molecule has 0 aromatic carbocycles. The second-order valence-electron chi connectivity index (χ2n) is 2.39. The van der Waals surface area contributed by atoms with Crippen molar-refractivity contribution in [1.29, 1.82) is 0 Å². The summed E-state index contributed by atoms with van der Waals surface area (Å²) in [5, 5.41) is 0. The van der Waals surface area contributed by atoms with Gasteiger partial charge in [0.1, 0.15) is 0 Å². The number of nitrogens with two attached hydrogens (primary N) is 2. The highest BCUT2D eigenvalue weighted by Gasteiger charge is 2.11. The van der Waals surface area contributed by atoms with Gasteiger partial charge in [-0.25, -0.2) is 0 Å². The monoisotopic (exact) mass is 191 g/mol. The van der Waals surface area contributed by atoms with E-state index in [4.69, 9.17) is 11.5 Å². The SMILES string of the molecule is C=CN=C1C(=C)C=CC(N)=C1N.CC. The van der Waals surface area contributed by atoms with Crippen LogP contribution in [0, 0.1) is 0 Å². The fourth-order valence-corrected chi connectivity index (χ4v) is 0.913. The number of rotatable bonds is 1. The van der Waals surface area contributed by atoms with Crippen LogP contribution in [-0.4, -0.2) is 5.71 Å². The maximum Gasteiger partial charge on any atom is 0.0946 e. The summed E-state index contributed by atoms with van der Waals surface area (Å²) in [5.41, 5.74) is 13.6. The highest BCUT2D eigenvalue weighted by molar-refractivity contribution is 6.15. The van der Waals surface area contributed by atoms with Crippen molar-refractivity contribution in [2.24, 2.45) is 16.5 Å². The quantitative estimate of drug-likeness (QED) is 0.664. The van der Waals surface area contributed by atoms with E-state index in [0.29, 0.717) is 17.1 Å². The molecule has 0 saturated heterocycles. The van der Waals surface area contributed by atoms with Crippen molar-refractivity contribution in [1.82, 2.24) is 0 Å². The smallest absolute Gasteiger partial charge is 0.0946 e. The van der Waals surface area contributed by atoms with Crippen molar-refractivity contribution < 1.29 is 0 Å². The number of hydrogen-bond donors (Lipinski definition) is 2. The minimum Gasteiger partial charge on any atom is -0.397 e. The Balaban J connectivity index is 0.000000791. The van der Waals surface area contributed by atoms with E-state index in [1.807, 2.05) is 13.8 Å². The molecule has 1 rings (SSSR count). The van der Waals surface area contributed by atoms with Crippen LogP contribution in [0.2, 0.25) is 0 Å². The maximum atomic E-state index is 5.66. The Morgan fingerprint density at radius 2 is 1.86 bits per heavy atom. The Kier molecular flexibility index (Phi) is 5.07. The summed E-state index contributed by atoms with van der Waals surface area (Å²) in [4.78, 5) is 3.96. The molecule has 0 aromatic rings. The first-order valence-electron chi connectivity index (χ1n) is 4.48. The molecule has 0 radical (unpaired) electrons. The predicted molar refractivity (Wildman–Crippen MR) is 62.7 cm³/mol. The van der Waals surface area contributed by atoms with Gasteiger partial charge < -0.3 is 11.5 Å². The van der Waals surface area contributed by atoms with Crippen molar-refractivity contribution >= 4 is 5.71 Å². The fourth-order valence-electron chi connectivity index (χ4n) is 0.913. The molecule has 0 amide bonds. The average molecular weight is 191 g/mol. The summed E-state index contributed by atoms with van der Waals surface area (Å²) >= 11 is 0. The van der Waals surface area contributed by atoms with Crippen LogP contribution in [0.3, 0.4) is 0 Å². The fraction of sp³-hybridized carbons (Fsp3) is 0.182. The topological polar surface area (TPSA) is 64.4 Å². The van der Waals surface area contributed by atoms with E-state index in [1.165, 1.54) is 6.20 Å². The van der Waals surface area contributed by atoms with Gasteiger partial charge in [0.25, 0.3) is 0 Å². The highest BCUT2D eigenvalue weighted by atomic mass is 14.8. The number of allylic oxidation sites excluding steroid dienone is 3. The lowest BCUT2D eigenvalue weighted by Gasteiger charge is -2.12. The van der Waals surface area contributed by atoms with Gasteiger partial charge in [0.15, 0.2) is 0 Å². The van der Waals surface area contributed by atoms with Crippen molar-refractivity contribution in [2.75, 3.05) is 0 Å². The van der Waals surface area contributed by atoms with Gasteiger partial charge in [-0.15, -0.1) is 0 Å². The van der Waals surface area contributed by atoms with Gasteiger partial charge in [0.2, 0.25) is 0 Å². The molecular formula is C11H17N3. The van der Waals surface area contributed by atoms with E-state index in [9.17, 15) is 0 Å². The van der Waals surface area contributed by atoms with E-state index in [-0.39, 0.29) is 0 Å². The molecule has 4 N–H and O–H groups in total. The third kappa shape index (κ3) is 2.62. The molecule has 0 heterocycles. The van der Waals surface area contributed by atoms with Crippen LogP contribution in [0.1, 0.15) is 13.8 Å². The van der Waals surface area contributed by atoms with E-state index in [2.05, 4.69) is 18.2 Å². The Morgan fingerprint density at radius 3 is 2.36 bits per heavy atom. The molecule has 3 heteroatoms. The van der Waals surface area contributed by atoms with Crippen LogP contribution in [0.25, 0.3) is 0 Å². The number of hydrogen-bond acceptors (Lipinski definition) is 3. The Bertz CT molecular complexity index is 319. The normalized spacial score (nSPS) is 17.9. The van der Waals surface area contributed by atoms with E-state index in [1.54, 1.807) is 12.2 Å². The first-order chi connectivity index (χ1) is 6.66. The third-order valence-electron chi connectivity index (χ3n) is 1.55. The molecule has 0 unspecified atom stereocenters. The first kappa shape index (κ1) is 12.2. The Labute approximate surface area is 85.2 Å². The molecule has 0 atom stereocenters. The number of aliphatic imine (C=N–C) groups is 1. The molecule has 14 heavy (non-hydrogen) atoms. The summed E-state index contributed by atoms with van der Waals surface area (Å²) in [6.07, 6.45) is 4.90. The molecule has 76 valence electrons. The van der Waals surface area contributed by atoms with Crippen molar-refractivity contribution in [3.63, 3.8) is 0 Å². The van der Waals surface area contributed by atoms with Crippen LogP contribution in [0.5, 0.6) is 0 Å². The minimum absolute atomic E-state index is 0.461. The lowest BCUT2D eigenvalue weighted by molar-refractivity contribution is 1.27. The van der Waals surface area contributed by atoms with Gasteiger partial charge in [-0.2, -0.15) is 0 Å². The van der Waals surface area contributed by atoms with Crippen LogP contribution in [0.4, 0.5) is 0 Å². The van der Waals surface area contributed by atoms with Gasteiger partial charge in [-0.05, 0) is 11.6 Å². The Morgan fingerprint density at radius 1 is 1.29 bits per heavy atom. The van der Waals surface area contributed by atoms with Crippen LogP contribution < -0.4 is 11.5 Å². The second kappa shape index (κ2) is 5.80. The molecule has 0 bridgehead atoms. The second-order valence-corrected chi connectivity index (χ2v) is 2.39. The lowest BCUT2D eigenvalue weighted by atomic mass is 10.0. The van der Waals surface area contributed by atoms with Crippen LogP contribution >= 0.6 is 0 Å². The van der Waals surface area contributed by atoms with E-state index < -0.39 is 0 Å². The van der Waals surface area contributed by atoms with Gasteiger partial charge in [-0.3, -0.25) is 4.99 Å².